The van der Waals surface area contributed by atoms with Crippen LogP contribution < -0.4 is 4.74 Å². The first-order chi connectivity index (χ1) is 6.03. The maximum absolute atomic E-state index is 9.00. The monoisotopic (exact) mass is 180 g/mol. The highest BCUT2D eigenvalue weighted by molar-refractivity contribution is 5.27. The summed E-state index contributed by atoms with van der Waals surface area (Å²) in [6.07, 6.45) is 0. The fourth-order valence-electron chi connectivity index (χ4n) is 1.03. The van der Waals surface area contributed by atoms with Crippen molar-refractivity contribution in [2.24, 2.45) is 0 Å². The minimum absolute atomic E-state index is 0.0148. The Morgan fingerprint density at radius 1 is 1.38 bits per heavy atom. The van der Waals surface area contributed by atoms with Crippen molar-refractivity contribution < 1.29 is 9.84 Å². The summed E-state index contributed by atoms with van der Waals surface area (Å²) in [6, 6.07) is 7.80. The van der Waals surface area contributed by atoms with E-state index in [0.29, 0.717) is 0 Å². The van der Waals surface area contributed by atoms with E-state index in [-0.39, 0.29) is 6.61 Å². The van der Waals surface area contributed by atoms with Gasteiger partial charge in [-0.25, -0.2) is 0 Å². The number of benzene rings is 1. The van der Waals surface area contributed by atoms with Crippen LogP contribution in [0.15, 0.2) is 24.3 Å². The van der Waals surface area contributed by atoms with Crippen molar-refractivity contribution in [1.29, 1.82) is 0 Å². The zero-order valence-electron chi connectivity index (χ0n) is 8.37. The number of rotatable bonds is 3. The molecule has 0 unspecified atom stereocenters. The molecule has 72 valence electrons. The van der Waals surface area contributed by atoms with Crippen molar-refractivity contribution in [3.63, 3.8) is 0 Å². The molecule has 2 heteroatoms. The van der Waals surface area contributed by atoms with Crippen molar-refractivity contribution in [1.82, 2.24) is 0 Å². The quantitative estimate of drug-likeness (QED) is 0.772. The van der Waals surface area contributed by atoms with E-state index in [1.165, 1.54) is 0 Å². The molecule has 0 radical (unpaired) electrons. The molecular weight excluding hydrogens is 164 g/mol. The van der Waals surface area contributed by atoms with E-state index in [4.69, 9.17) is 9.84 Å². The van der Waals surface area contributed by atoms with Crippen molar-refractivity contribution in [3.05, 3.63) is 29.8 Å². The molecule has 0 amide bonds. The van der Waals surface area contributed by atoms with Gasteiger partial charge in [-0.3, -0.25) is 0 Å². The Morgan fingerprint density at radius 3 is 2.62 bits per heavy atom. The summed E-state index contributed by atoms with van der Waals surface area (Å²) in [4.78, 5) is 0. The number of hydrogen-bond donors (Lipinski definition) is 1. The van der Waals surface area contributed by atoms with Gasteiger partial charge in [0, 0.05) is 0 Å². The van der Waals surface area contributed by atoms with Crippen LogP contribution in [0, 0.1) is 6.92 Å². The minimum Gasteiger partial charge on any atom is -0.485 e. The van der Waals surface area contributed by atoms with E-state index in [9.17, 15) is 0 Å². The number of ether oxygens (including phenoxy) is 1. The van der Waals surface area contributed by atoms with Gasteiger partial charge in [-0.1, -0.05) is 12.1 Å². The summed E-state index contributed by atoms with van der Waals surface area (Å²) < 4.78 is 5.58. The molecule has 0 heterocycles. The molecule has 2 nitrogen and oxygen atoms in total. The summed E-state index contributed by atoms with van der Waals surface area (Å²) in [7, 11) is 0. The number of aryl methyl sites for hydroxylation is 1. The molecule has 1 aromatic carbocycles. The normalized spacial score (nSPS) is 11.4. The van der Waals surface area contributed by atoms with Gasteiger partial charge in [-0.15, -0.1) is 0 Å². The summed E-state index contributed by atoms with van der Waals surface area (Å²) in [6.45, 7) is 5.74. The van der Waals surface area contributed by atoms with Crippen LogP contribution in [-0.4, -0.2) is 17.3 Å². The molecule has 0 saturated heterocycles. The van der Waals surface area contributed by atoms with E-state index in [2.05, 4.69) is 0 Å². The van der Waals surface area contributed by atoms with Crippen molar-refractivity contribution in [2.75, 3.05) is 6.61 Å². The van der Waals surface area contributed by atoms with E-state index >= 15 is 0 Å². The average Bonchev–Trinajstić information content (AvgIpc) is 2.03. The smallest absolute Gasteiger partial charge is 0.126 e. The highest BCUT2D eigenvalue weighted by Gasteiger charge is 2.17. The number of aliphatic hydroxyl groups excluding tert-OH is 1. The maximum Gasteiger partial charge on any atom is 0.126 e. The van der Waals surface area contributed by atoms with Crippen molar-refractivity contribution >= 4 is 0 Å². The Morgan fingerprint density at radius 2 is 2.08 bits per heavy atom. The average molecular weight is 180 g/mol. The molecule has 0 spiro atoms. The molecule has 0 aromatic heterocycles. The van der Waals surface area contributed by atoms with Gasteiger partial charge in [0.2, 0.25) is 0 Å². The van der Waals surface area contributed by atoms with Crippen LogP contribution in [0.1, 0.15) is 19.4 Å². The summed E-state index contributed by atoms with van der Waals surface area (Å²) in [5.74, 6) is 0.805. The molecule has 0 aliphatic heterocycles. The van der Waals surface area contributed by atoms with Gasteiger partial charge in [0.1, 0.15) is 11.4 Å². The Kier molecular flexibility index (Phi) is 2.94. The lowest BCUT2D eigenvalue weighted by Crippen LogP contribution is -2.32. The second-order valence-corrected chi connectivity index (χ2v) is 3.84. The second-order valence-electron chi connectivity index (χ2n) is 3.84. The molecule has 0 aliphatic rings. The van der Waals surface area contributed by atoms with E-state index in [0.717, 1.165) is 11.3 Å². The van der Waals surface area contributed by atoms with E-state index in [1.54, 1.807) is 0 Å². The maximum atomic E-state index is 9.00. The van der Waals surface area contributed by atoms with Crippen LogP contribution in [0.5, 0.6) is 5.75 Å². The van der Waals surface area contributed by atoms with Crippen LogP contribution in [0.25, 0.3) is 0 Å². The summed E-state index contributed by atoms with van der Waals surface area (Å²) >= 11 is 0. The van der Waals surface area contributed by atoms with Gasteiger partial charge in [0.05, 0.1) is 6.61 Å². The lowest BCUT2D eigenvalue weighted by Gasteiger charge is -2.23. The Hall–Kier alpha value is -1.02. The molecule has 0 aliphatic carbocycles. The molecule has 1 aromatic rings. The molecule has 13 heavy (non-hydrogen) atoms. The topological polar surface area (TPSA) is 29.5 Å². The van der Waals surface area contributed by atoms with Gasteiger partial charge < -0.3 is 9.84 Å². The van der Waals surface area contributed by atoms with Crippen LogP contribution in [-0.2, 0) is 0 Å². The van der Waals surface area contributed by atoms with E-state index < -0.39 is 5.60 Å². The SMILES string of the molecule is Cc1cccc(OC(C)(C)CO)c1. The van der Waals surface area contributed by atoms with Gasteiger partial charge in [0.15, 0.2) is 0 Å². The number of aliphatic hydroxyl groups is 1. The molecule has 1 N–H and O–H groups in total. The summed E-state index contributed by atoms with van der Waals surface area (Å²) in [5.41, 5.74) is 0.652. The van der Waals surface area contributed by atoms with E-state index in [1.807, 2.05) is 45.0 Å². The standard InChI is InChI=1S/C11H16O2/c1-9-5-4-6-10(7-9)13-11(2,3)8-12/h4-7,12H,8H2,1-3H3. The predicted octanol–water partition coefficient (Wildman–Crippen LogP) is 2.14. The third-order valence-corrected chi connectivity index (χ3v) is 1.76. The first-order valence-corrected chi connectivity index (χ1v) is 4.40. The van der Waals surface area contributed by atoms with Crippen LogP contribution in [0.2, 0.25) is 0 Å². The first kappa shape index (κ1) is 10.1. The third-order valence-electron chi connectivity index (χ3n) is 1.76. The molecule has 0 bridgehead atoms. The van der Waals surface area contributed by atoms with Gasteiger partial charge >= 0.3 is 0 Å². The molecular formula is C11H16O2. The summed E-state index contributed by atoms with van der Waals surface area (Å²) in [5, 5.41) is 9.00. The highest BCUT2D eigenvalue weighted by atomic mass is 16.5. The minimum atomic E-state index is -0.506. The largest absolute Gasteiger partial charge is 0.485 e. The molecule has 0 fully saturated rings. The van der Waals surface area contributed by atoms with Crippen molar-refractivity contribution in [2.45, 2.75) is 26.4 Å². The molecule has 1 rings (SSSR count). The molecule has 0 saturated carbocycles. The predicted molar refractivity (Wildman–Crippen MR) is 53.0 cm³/mol. The highest BCUT2D eigenvalue weighted by Crippen LogP contribution is 2.18. The van der Waals surface area contributed by atoms with Crippen LogP contribution in [0.3, 0.4) is 0 Å². The first-order valence-electron chi connectivity index (χ1n) is 4.40. The van der Waals surface area contributed by atoms with Crippen molar-refractivity contribution in [3.8, 4) is 5.75 Å². The lowest BCUT2D eigenvalue weighted by atomic mass is 10.1. The Bertz CT molecular complexity index is 279. The Labute approximate surface area is 79.2 Å². The number of hydrogen-bond acceptors (Lipinski definition) is 2. The molecule has 0 atom stereocenters. The lowest BCUT2D eigenvalue weighted by molar-refractivity contribution is 0.0412. The fourth-order valence-corrected chi connectivity index (χ4v) is 1.03. The van der Waals surface area contributed by atoms with Crippen LogP contribution >= 0.6 is 0 Å². The zero-order chi connectivity index (χ0) is 9.90. The Balaban J connectivity index is 2.74. The third kappa shape index (κ3) is 3.07. The zero-order valence-corrected chi connectivity index (χ0v) is 8.37. The second kappa shape index (κ2) is 3.79. The van der Waals surface area contributed by atoms with Gasteiger partial charge in [0.25, 0.3) is 0 Å². The van der Waals surface area contributed by atoms with Gasteiger partial charge in [-0.05, 0) is 38.5 Å². The van der Waals surface area contributed by atoms with Crippen LogP contribution in [0.4, 0.5) is 0 Å². The fraction of sp³-hybridized carbons (Fsp3) is 0.455. The van der Waals surface area contributed by atoms with Gasteiger partial charge in [-0.2, -0.15) is 0 Å².